The lowest BCUT2D eigenvalue weighted by Gasteiger charge is -2.24. The Labute approximate surface area is 166 Å². The number of hydrogen-bond acceptors (Lipinski definition) is 4. The average molecular weight is 387 g/mol. The second kappa shape index (κ2) is 7.20. The summed E-state index contributed by atoms with van der Waals surface area (Å²) in [6.07, 6.45) is 0. The van der Waals surface area contributed by atoms with Gasteiger partial charge < -0.3 is 11.1 Å². The standard InChI is InChI=1S/C22H17N3O4/c23-21(26)20(24-22(27)13-6-5-7-14(12-13)25(28)29)19-17-10-3-1-8-15(17)16-9-2-4-11-18(16)19/h1-12,19-20H,(H2,23,26)(H,24,27)/t20-/m0/s1. The summed E-state index contributed by atoms with van der Waals surface area (Å²) in [5.41, 5.74) is 9.34. The molecule has 0 fully saturated rings. The summed E-state index contributed by atoms with van der Waals surface area (Å²) in [6, 6.07) is 19.7. The summed E-state index contributed by atoms with van der Waals surface area (Å²) in [5, 5.41) is 13.7. The van der Waals surface area contributed by atoms with E-state index in [0.717, 1.165) is 22.3 Å². The maximum Gasteiger partial charge on any atom is 0.270 e. The van der Waals surface area contributed by atoms with Crippen molar-refractivity contribution >= 4 is 17.5 Å². The third-order valence-corrected chi connectivity index (χ3v) is 5.13. The lowest BCUT2D eigenvalue weighted by Crippen LogP contribution is -2.48. The number of fused-ring (bicyclic) bond motifs is 3. The van der Waals surface area contributed by atoms with Gasteiger partial charge >= 0.3 is 0 Å². The Morgan fingerprint density at radius 1 is 0.931 bits per heavy atom. The van der Waals surface area contributed by atoms with E-state index in [4.69, 9.17) is 5.73 Å². The van der Waals surface area contributed by atoms with Gasteiger partial charge in [-0.25, -0.2) is 0 Å². The monoisotopic (exact) mass is 387 g/mol. The van der Waals surface area contributed by atoms with Crippen molar-refractivity contribution in [1.82, 2.24) is 5.32 Å². The van der Waals surface area contributed by atoms with Gasteiger partial charge in [0.2, 0.25) is 5.91 Å². The van der Waals surface area contributed by atoms with Crippen molar-refractivity contribution in [2.24, 2.45) is 5.73 Å². The molecule has 0 aromatic heterocycles. The summed E-state index contributed by atoms with van der Waals surface area (Å²) in [6.45, 7) is 0. The molecule has 2 amide bonds. The summed E-state index contributed by atoms with van der Waals surface area (Å²) < 4.78 is 0. The topological polar surface area (TPSA) is 115 Å². The SMILES string of the molecule is NC(=O)[C@@H](NC(=O)c1cccc([N+](=O)[O-])c1)C1c2ccccc2-c2ccccc21. The van der Waals surface area contributed by atoms with Crippen molar-refractivity contribution in [3.05, 3.63) is 99.6 Å². The fourth-order valence-electron chi connectivity index (χ4n) is 3.86. The molecule has 0 saturated heterocycles. The van der Waals surface area contributed by atoms with Gasteiger partial charge in [-0.3, -0.25) is 19.7 Å². The van der Waals surface area contributed by atoms with E-state index < -0.39 is 28.7 Å². The van der Waals surface area contributed by atoms with Gasteiger partial charge in [0.15, 0.2) is 0 Å². The Bertz CT molecular complexity index is 1100. The van der Waals surface area contributed by atoms with Crippen LogP contribution in [0.1, 0.15) is 27.4 Å². The van der Waals surface area contributed by atoms with E-state index in [-0.39, 0.29) is 11.3 Å². The molecule has 1 aliphatic rings. The predicted molar refractivity (Wildman–Crippen MR) is 107 cm³/mol. The molecule has 4 rings (SSSR count). The predicted octanol–water partition coefficient (Wildman–Crippen LogP) is 2.99. The van der Waals surface area contributed by atoms with E-state index in [2.05, 4.69) is 5.32 Å². The first kappa shape index (κ1) is 18.4. The van der Waals surface area contributed by atoms with Crippen LogP contribution >= 0.6 is 0 Å². The molecule has 3 aromatic carbocycles. The largest absolute Gasteiger partial charge is 0.368 e. The van der Waals surface area contributed by atoms with Crippen LogP contribution in [0.4, 0.5) is 5.69 Å². The Hall–Kier alpha value is -4.00. The number of nitrogens with two attached hydrogens (primary N) is 1. The maximum absolute atomic E-state index is 12.8. The molecule has 7 heteroatoms. The van der Waals surface area contributed by atoms with Crippen LogP contribution in [0.15, 0.2) is 72.8 Å². The summed E-state index contributed by atoms with van der Waals surface area (Å²) in [5.74, 6) is -1.72. The minimum absolute atomic E-state index is 0.0880. The lowest BCUT2D eigenvalue weighted by molar-refractivity contribution is -0.384. The minimum Gasteiger partial charge on any atom is -0.368 e. The van der Waals surface area contributed by atoms with E-state index in [9.17, 15) is 19.7 Å². The number of nitrogens with zero attached hydrogens (tertiary/aromatic N) is 1. The van der Waals surface area contributed by atoms with Crippen LogP contribution in [-0.2, 0) is 4.79 Å². The number of carbonyl (C=O) groups excluding carboxylic acids is 2. The fraction of sp³-hybridized carbons (Fsp3) is 0.0909. The number of hydrogen-bond donors (Lipinski definition) is 2. The van der Waals surface area contributed by atoms with Crippen LogP contribution in [0.25, 0.3) is 11.1 Å². The first-order valence-electron chi connectivity index (χ1n) is 9.00. The number of primary amides is 1. The molecule has 0 bridgehead atoms. The van der Waals surface area contributed by atoms with E-state index in [1.807, 2.05) is 48.5 Å². The molecule has 0 aliphatic heterocycles. The molecule has 144 valence electrons. The highest BCUT2D eigenvalue weighted by Crippen LogP contribution is 2.46. The molecule has 0 unspecified atom stereocenters. The number of nitro groups is 1. The van der Waals surface area contributed by atoms with Crippen molar-refractivity contribution in [2.75, 3.05) is 0 Å². The van der Waals surface area contributed by atoms with Crippen LogP contribution in [-0.4, -0.2) is 22.8 Å². The van der Waals surface area contributed by atoms with Crippen molar-refractivity contribution in [1.29, 1.82) is 0 Å². The highest BCUT2D eigenvalue weighted by Gasteiger charge is 2.38. The third kappa shape index (κ3) is 3.23. The number of nitrogens with one attached hydrogen (secondary N) is 1. The van der Waals surface area contributed by atoms with E-state index in [1.165, 1.54) is 24.3 Å². The molecule has 0 radical (unpaired) electrons. The molecule has 1 aliphatic carbocycles. The van der Waals surface area contributed by atoms with Gasteiger partial charge in [-0.1, -0.05) is 54.6 Å². The van der Waals surface area contributed by atoms with Gasteiger partial charge in [0.05, 0.1) is 4.92 Å². The molecule has 29 heavy (non-hydrogen) atoms. The molecule has 0 saturated carbocycles. The van der Waals surface area contributed by atoms with Crippen LogP contribution < -0.4 is 11.1 Å². The zero-order valence-corrected chi connectivity index (χ0v) is 15.2. The van der Waals surface area contributed by atoms with E-state index in [1.54, 1.807) is 0 Å². The van der Waals surface area contributed by atoms with Crippen LogP contribution in [0.2, 0.25) is 0 Å². The Balaban J connectivity index is 1.72. The van der Waals surface area contributed by atoms with Gasteiger partial charge in [0.1, 0.15) is 6.04 Å². The van der Waals surface area contributed by atoms with Crippen LogP contribution in [0, 0.1) is 10.1 Å². The van der Waals surface area contributed by atoms with Crippen molar-refractivity contribution in [2.45, 2.75) is 12.0 Å². The zero-order chi connectivity index (χ0) is 20.5. The zero-order valence-electron chi connectivity index (χ0n) is 15.2. The first-order chi connectivity index (χ1) is 14.0. The van der Waals surface area contributed by atoms with E-state index in [0.29, 0.717) is 0 Å². The van der Waals surface area contributed by atoms with Crippen LogP contribution in [0.3, 0.4) is 0 Å². The molecule has 7 nitrogen and oxygen atoms in total. The molecule has 0 spiro atoms. The molecular formula is C22H17N3O4. The number of non-ortho nitro benzene ring substituents is 1. The van der Waals surface area contributed by atoms with Crippen molar-refractivity contribution in [3.63, 3.8) is 0 Å². The number of rotatable bonds is 5. The van der Waals surface area contributed by atoms with Gasteiger partial charge in [0.25, 0.3) is 11.6 Å². The molecule has 0 heterocycles. The highest BCUT2D eigenvalue weighted by molar-refractivity contribution is 5.99. The second-order valence-corrected chi connectivity index (χ2v) is 6.81. The molecule has 1 atom stereocenters. The molecule has 3 aromatic rings. The van der Waals surface area contributed by atoms with Gasteiger partial charge in [-0.2, -0.15) is 0 Å². The quantitative estimate of drug-likeness (QED) is 0.517. The van der Waals surface area contributed by atoms with Crippen LogP contribution in [0.5, 0.6) is 0 Å². The highest BCUT2D eigenvalue weighted by atomic mass is 16.6. The Morgan fingerprint density at radius 2 is 1.52 bits per heavy atom. The third-order valence-electron chi connectivity index (χ3n) is 5.13. The smallest absolute Gasteiger partial charge is 0.270 e. The lowest BCUT2D eigenvalue weighted by atomic mass is 9.88. The first-order valence-corrected chi connectivity index (χ1v) is 9.00. The number of benzene rings is 3. The molecule has 3 N–H and O–H groups in total. The average Bonchev–Trinajstić information content (AvgIpc) is 3.06. The fourth-order valence-corrected chi connectivity index (χ4v) is 3.86. The van der Waals surface area contributed by atoms with Crippen molar-refractivity contribution < 1.29 is 14.5 Å². The number of nitro benzene ring substituents is 1. The van der Waals surface area contributed by atoms with Gasteiger partial charge in [-0.05, 0) is 28.3 Å². The van der Waals surface area contributed by atoms with Crippen molar-refractivity contribution in [3.8, 4) is 11.1 Å². The summed E-state index contributed by atoms with van der Waals surface area (Å²) in [4.78, 5) is 35.5. The minimum atomic E-state index is -1.01. The Morgan fingerprint density at radius 3 is 2.07 bits per heavy atom. The maximum atomic E-state index is 12.8. The summed E-state index contributed by atoms with van der Waals surface area (Å²) >= 11 is 0. The van der Waals surface area contributed by atoms with Gasteiger partial charge in [0, 0.05) is 23.6 Å². The Kier molecular flexibility index (Phi) is 4.56. The van der Waals surface area contributed by atoms with E-state index >= 15 is 0 Å². The summed E-state index contributed by atoms with van der Waals surface area (Å²) in [7, 11) is 0. The number of amides is 2. The normalized spacial score (nSPS) is 13.2. The number of carbonyl (C=O) groups is 2. The van der Waals surface area contributed by atoms with Gasteiger partial charge in [-0.15, -0.1) is 0 Å². The second-order valence-electron chi connectivity index (χ2n) is 6.81. The molecular weight excluding hydrogens is 370 g/mol.